The third kappa shape index (κ3) is 4.82. The van der Waals surface area contributed by atoms with E-state index in [2.05, 4.69) is 15.6 Å². The Hall–Kier alpha value is -1.38. The van der Waals surface area contributed by atoms with Crippen LogP contribution in [0.15, 0.2) is 17.1 Å². The van der Waals surface area contributed by atoms with Gasteiger partial charge in [-0.1, -0.05) is 0 Å². The summed E-state index contributed by atoms with van der Waals surface area (Å²) in [5.74, 6) is 3.13. The summed E-state index contributed by atoms with van der Waals surface area (Å²) >= 11 is 0. The van der Waals surface area contributed by atoms with Crippen LogP contribution in [-0.4, -0.2) is 46.9 Å². The van der Waals surface area contributed by atoms with Gasteiger partial charge in [0.05, 0.1) is 21.3 Å². The van der Waals surface area contributed by atoms with E-state index in [4.69, 9.17) is 14.2 Å². The quantitative estimate of drug-likeness (QED) is 0.687. The van der Waals surface area contributed by atoms with Crippen molar-refractivity contribution in [3.05, 3.63) is 17.7 Å². The average molecular weight is 421 g/mol. The number of aliphatic imine (C=N–C) groups is 1. The van der Waals surface area contributed by atoms with Gasteiger partial charge in [0.2, 0.25) is 0 Å². The van der Waals surface area contributed by atoms with Crippen LogP contribution in [0.4, 0.5) is 0 Å². The lowest BCUT2D eigenvalue weighted by Crippen LogP contribution is -2.41. The van der Waals surface area contributed by atoms with Gasteiger partial charge in [0.15, 0.2) is 5.96 Å². The highest BCUT2D eigenvalue weighted by Crippen LogP contribution is 2.34. The lowest BCUT2D eigenvalue weighted by atomic mass is 10.1. The van der Waals surface area contributed by atoms with Gasteiger partial charge in [0.25, 0.3) is 0 Å². The highest BCUT2D eigenvalue weighted by atomic mass is 127. The monoisotopic (exact) mass is 421 g/mol. The standard InChI is InChI=1S/C15H23N3O3.HI/c1-19-11-9-13(20-2)12(14(10-11)21-3)5-8-18-15-16-6-4-7-17-15;/h9-10H,4-8H2,1-3H3,(H2,16,17,18);1H. The van der Waals surface area contributed by atoms with E-state index in [9.17, 15) is 0 Å². The van der Waals surface area contributed by atoms with Crippen molar-refractivity contribution in [3.8, 4) is 17.2 Å². The molecule has 0 aliphatic carbocycles. The molecular formula is C15H24IN3O3. The van der Waals surface area contributed by atoms with E-state index in [0.717, 1.165) is 61.2 Å². The van der Waals surface area contributed by atoms with Gasteiger partial charge in [-0.05, 0) is 12.8 Å². The number of nitrogens with one attached hydrogen (secondary N) is 2. The summed E-state index contributed by atoms with van der Waals surface area (Å²) in [6.45, 7) is 2.61. The van der Waals surface area contributed by atoms with E-state index < -0.39 is 0 Å². The molecule has 2 N–H and O–H groups in total. The summed E-state index contributed by atoms with van der Waals surface area (Å²) in [6.07, 6.45) is 1.86. The lowest BCUT2D eigenvalue weighted by Gasteiger charge is -2.18. The number of methoxy groups -OCH3 is 3. The molecule has 1 heterocycles. The van der Waals surface area contributed by atoms with Crippen molar-refractivity contribution in [1.29, 1.82) is 0 Å². The topological polar surface area (TPSA) is 64.1 Å². The number of guanidine groups is 1. The minimum absolute atomic E-state index is 0. The Morgan fingerprint density at radius 2 is 1.82 bits per heavy atom. The number of hydrogen-bond acceptors (Lipinski definition) is 6. The summed E-state index contributed by atoms with van der Waals surface area (Å²) in [6, 6.07) is 3.74. The second-order valence-electron chi connectivity index (χ2n) is 4.70. The van der Waals surface area contributed by atoms with Crippen LogP contribution in [0.3, 0.4) is 0 Å². The van der Waals surface area contributed by atoms with Gasteiger partial charge in [-0.25, -0.2) is 0 Å². The number of ether oxygens (including phenoxy) is 3. The predicted molar refractivity (Wildman–Crippen MR) is 98.1 cm³/mol. The van der Waals surface area contributed by atoms with Crippen molar-refractivity contribution in [1.82, 2.24) is 10.6 Å². The van der Waals surface area contributed by atoms with Crippen LogP contribution in [0, 0.1) is 0 Å². The molecule has 0 atom stereocenters. The van der Waals surface area contributed by atoms with Gasteiger partial charge >= 0.3 is 0 Å². The minimum Gasteiger partial charge on any atom is -0.496 e. The van der Waals surface area contributed by atoms with Gasteiger partial charge in [-0.3, -0.25) is 4.99 Å². The zero-order valence-corrected chi connectivity index (χ0v) is 15.6. The molecule has 0 amide bonds. The van der Waals surface area contributed by atoms with Crippen LogP contribution in [0.25, 0.3) is 0 Å². The van der Waals surface area contributed by atoms with Crippen molar-refractivity contribution in [2.45, 2.75) is 12.8 Å². The molecule has 0 unspecified atom stereocenters. The zero-order valence-electron chi connectivity index (χ0n) is 13.3. The molecule has 2 rings (SSSR count). The first-order valence-electron chi connectivity index (χ1n) is 7.09. The SMILES string of the molecule is COc1cc(OC)c(CCNC2=NCCCN2)c(OC)c1.I. The molecule has 1 aromatic rings. The van der Waals surface area contributed by atoms with Crippen LogP contribution in [0.2, 0.25) is 0 Å². The van der Waals surface area contributed by atoms with Gasteiger partial charge in [-0.15, -0.1) is 24.0 Å². The fourth-order valence-electron chi connectivity index (χ4n) is 2.28. The molecular weight excluding hydrogens is 397 g/mol. The Morgan fingerprint density at radius 3 is 2.32 bits per heavy atom. The third-order valence-corrected chi connectivity index (χ3v) is 3.38. The Labute approximate surface area is 148 Å². The number of hydrogen-bond donors (Lipinski definition) is 2. The molecule has 0 saturated heterocycles. The first-order chi connectivity index (χ1) is 10.3. The second kappa shape index (κ2) is 9.60. The van der Waals surface area contributed by atoms with E-state index >= 15 is 0 Å². The first kappa shape index (κ1) is 18.7. The molecule has 0 fully saturated rings. The summed E-state index contributed by atoms with van der Waals surface area (Å²) in [4.78, 5) is 4.39. The third-order valence-electron chi connectivity index (χ3n) is 3.38. The molecule has 1 aliphatic heterocycles. The van der Waals surface area contributed by atoms with E-state index in [1.54, 1.807) is 21.3 Å². The normalized spacial score (nSPS) is 13.3. The maximum absolute atomic E-state index is 5.44. The Kier molecular flexibility index (Phi) is 8.15. The fourth-order valence-corrected chi connectivity index (χ4v) is 2.28. The van der Waals surface area contributed by atoms with Crippen molar-refractivity contribution < 1.29 is 14.2 Å². The Morgan fingerprint density at radius 1 is 1.14 bits per heavy atom. The highest BCUT2D eigenvalue weighted by Gasteiger charge is 2.13. The smallest absolute Gasteiger partial charge is 0.191 e. The molecule has 1 aliphatic rings. The molecule has 0 spiro atoms. The van der Waals surface area contributed by atoms with Crippen molar-refractivity contribution in [2.24, 2.45) is 4.99 Å². The fraction of sp³-hybridized carbons (Fsp3) is 0.533. The molecule has 22 heavy (non-hydrogen) atoms. The van der Waals surface area contributed by atoms with Crippen LogP contribution in [0.1, 0.15) is 12.0 Å². The summed E-state index contributed by atoms with van der Waals surface area (Å²) in [5.41, 5.74) is 1.02. The van der Waals surface area contributed by atoms with Crippen LogP contribution in [0.5, 0.6) is 17.2 Å². The Bertz CT molecular complexity index is 484. The molecule has 0 bridgehead atoms. The zero-order chi connectivity index (χ0) is 15.1. The number of nitrogens with zero attached hydrogens (tertiary/aromatic N) is 1. The van der Waals surface area contributed by atoms with Gasteiger partial charge < -0.3 is 24.8 Å². The maximum atomic E-state index is 5.44. The Balaban J connectivity index is 0.00000242. The number of benzene rings is 1. The summed E-state index contributed by atoms with van der Waals surface area (Å²) < 4.78 is 16.1. The largest absolute Gasteiger partial charge is 0.496 e. The van der Waals surface area contributed by atoms with Crippen molar-refractivity contribution >= 4 is 29.9 Å². The van der Waals surface area contributed by atoms with Crippen LogP contribution >= 0.6 is 24.0 Å². The van der Waals surface area contributed by atoms with Gasteiger partial charge in [0, 0.05) is 37.3 Å². The molecule has 0 aromatic heterocycles. The van der Waals surface area contributed by atoms with E-state index in [1.807, 2.05) is 12.1 Å². The number of halogens is 1. The van der Waals surface area contributed by atoms with E-state index in [0.29, 0.717) is 0 Å². The van der Waals surface area contributed by atoms with Crippen LogP contribution in [-0.2, 0) is 6.42 Å². The minimum atomic E-state index is 0. The van der Waals surface area contributed by atoms with E-state index in [1.165, 1.54) is 0 Å². The van der Waals surface area contributed by atoms with Crippen molar-refractivity contribution in [2.75, 3.05) is 41.0 Å². The summed E-state index contributed by atoms with van der Waals surface area (Å²) in [7, 11) is 4.93. The molecule has 0 saturated carbocycles. The van der Waals surface area contributed by atoms with Crippen molar-refractivity contribution in [3.63, 3.8) is 0 Å². The molecule has 6 nitrogen and oxygen atoms in total. The second-order valence-corrected chi connectivity index (χ2v) is 4.70. The number of rotatable bonds is 6. The first-order valence-corrected chi connectivity index (χ1v) is 7.09. The van der Waals surface area contributed by atoms with Gasteiger partial charge in [0.1, 0.15) is 17.2 Å². The molecule has 124 valence electrons. The lowest BCUT2D eigenvalue weighted by molar-refractivity contribution is 0.368. The van der Waals surface area contributed by atoms with Gasteiger partial charge in [-0.2, -0.15) is 0 Å². The van der Waals surface area contributed by atoms with Crippen LogP contribution < -0.4 is 24.8 Å². The molecule has 0 radical (unpaired) electrons. The molecule has 7 heteroatoms. The molecule has 1 aromatic carbocycles. The van der Waals surface area contributed by atoms with E-state index in [-0.39, 0.29) is 24.0 Å². The predicted octanol–water partition coefficient (Wildman–Crippen LogP) is 1.81. The average Bonchev–Trinajstić information content (AvgIpc) is 2.55. The summed E-state index contributed by atoms with van der Waals surface area (Å²) in [5, 5.41) is 6.54. The highest BCUT2D eigenvalue weighted by molar-refractivity contribution is 14.0. The maximum Gasteiger partial charge on any atom is 0.191 e.